The summed E-state index contributed by atoms with van der Waals surface area (Å²) in [5.74, 6) is -0.348. The predicted octanol–water partition coefficient (Wildman–Crippen LogP) is 4.59. The van der Waals surface area contributed by atoms with Crippen LogP contribution in [0.25, 0.3) is 0 Å². The van der Waals surface area contributed by atoms with Crippen LogP contribution >= 0.6 is 11.6 Å². The maximum atomic E-state index is 12.6. The van der Waals surface area contributed by atoms with E-state index in [0.717, 1.165) is 12.1 Å². The van der Waals surface area contributed by atoms with Crippen LogP contribution in [0.2, 0.25) is 5.02 Å². The molecule has 0 saturated heterocycles. The standard InChI is InChI=1S/C12H12ClF3O/c1-11(2,3)10(17)7-4-5-9(13)8(6-7)12(14,15)16/h4-6H,1-3H3. The minimum atomic E-state index is -4.55. The molecule has 0 amide bonds. The summed E-state index contributed by atoms with van der Waals surface area (Å²) in [6.07, 6.45) is -4.55. The molecule has 0 bridgehead atoms. The number of hydrogen-bond acceptors (Lipinski definition) is 1. The Balaban J connectivity index is 3.28. The fourth-order valence-corrected chi connectivity index (χ4v) is 1.54. The first-order valence-electron chi connectivity index (χ1n) is 4.95. The summed E-state index contributed by atoms with van der Waals surface area (Å²) < 4.78 is 37.8. The Morgan fingerprint density at radius 2 is 1.71 bits per heavy atom. The van der Waals surface area contributed by atoms with Crippen LogP contribution in [0.1, 0.15) is 36.7 Å². The van der Waals surface area contributed by atoms with Crippen molar-refractivity contribution in [2.75, 3.05) is 0 Å². The zero-order valence-electron chi connectivity index (χ0n) is 9.65. The first-order valence-corrected chi connectivity index (χ1v) is 5.33. The molecule has 1 aromatic rings. The van der Waals surface area contributed by atoms with E-state index in [1.807, 2.05) is 0 Å². The normalized spacial score (nSPS) is 12.6. The van der Waals surface area contributed by atoms with Crippen molar-refractivity contribution < 1.29 is 18.0 Å². The van der Waals surface area contributed by atoms with Crippen molar-refractivity contribution in [1.29, 1.82) is 0 Å². The van der Waals surface area contributed by atoms with Crippen molar-refractivity contribution in [1.82, 2.24) is 0 Å². The Kier molecular flexibility index (Phi) is 3.58. The Labute approximate surface area is 103 Å². The van der Waals surface area contributed by atoms with Crippen molar-refractivity contribution in [2.24, 2.45) is 5.41 Å². The van der Waals surface area contributed by atoms with Crippen LogP contribution in [0.15, 0.2) is 18.2 Å². The van der Waals surface area contributed by atoms with Crippen LogP contribution in [0.3, 0.4) is 0 Å². The van der Waals surface area contributed by atoms with Gasteiger partial charge in [-0.2, -0.15) is 13.2 Å². The van der Waals surface area contributed by atoms with Crippen LogP contribution in [0.4, 0.5) is 13.2 Å². The highest BCUT2D eigenvalue weighted by atomic mass is 35.5. The van der Waals surface area contributed by atoms with E-state index in [-0.39, 0.29) is 11.3 Å². The van der Waals surface area contributed by atoms with Gasteiger partial charge in [0.05, 0.1) is 10.6 Å². The van der Waals surface area contributed by atoms with Gasteiger partial charge in [0, 0.05) is 11.0 Å². The first kappa shape index (κ1) is 14.0. The van der Waals surface area contributed by atoms with Gasteiger partial charge in [-0.3, -0.25) is 4.79 Å². The Morgan fingerprint density at radius 3 is 2.12 bits per heavy atom. The number of hydrogen-bond donors (Lipinski definition) is 0. The summed E-state index contributed by atoms with van der Waals surface area (Å²) in [7, 11) is 0. The van der Waals surface area contributed by atoms with Crippen LogP contribution in [0, 0.1) is 5.41 Å². The molecule has 0 radical (unpaired) electrons. The third-order valence-corrected chi connectivity index (χ3v) is 2.54. The molecule has 0 saturated carbocycles. The van der Waals surface area contributed by atoms with Gasteiger partial charge in [-0.05, 0) is 18.2 Å². The molecular weight excluding hydrogens is 253 g/mol. The number of alkyl halides is 3. The molecule has 1 rings (SSSR count). The zero-order valence-corrected chi connectivity index (χ0v) is 10.4. The van der Waals surface area contributed by atoms with Crippen molar-refractivity contribution in [3.8, 4) is 0 Å². The Morgan fingerprint density at radius 1 is 1.18 bits per heavy atom. The molecule has 0 atom stereocenters. The average molecular weight is 265 g/mol. The molecule has 0 aromatic heterocycles. The van der Waals surface area contributed by atoms with E-state index < -0.39 is 22.2 Å². The van der Waals surface area contributed by atoms with E-state index in [0.29, 0.717) is 0 Å². The van der Waals surface area contributed by atoms with Gasteiger partial charge in [0.1, 0.15) is 0 Å². The van der Waals surface area contributed by atoms with Gasteiger partial charge in [-0.15, -0.1) is 0 Å². The third-order valence-electron chi connectivity index (χ3n) is 2.22. The Hall–Kier alpha value is -1.03. The lowest BCUT2D eigenvalue weighted by Gasteiger charge is -2.18. The van der Waals surface area contributed by atoms with Crippen molar-refractivity contribution in [3.63, 3.8) is 0 Å². The van der Waals surface area contributed by atoms with Gasteiger partial charge in [0.2, 0.25) is 0 Å². The number of rotatable bonds is 1. The van der Waals surface area contributed by atoms with Crippen LogP contribution < -0.4 is 0 Å². The first-order chi connectivity index (χ1) is 7.53. The topological polar surface area (TPSA) is 17.1 Å². The highest BCUT2D eigenvalue weighted by molar-refractivity contribution is 6.31. The summed E-state index contributed by atoms with van der Waals surface area (Å²) in [5, 5.41) is -0.400. The second-order valence-corrected chi connectivity index (χ2v) is 5.18. The number of carbonyl (C=O) groups excluding carboxylic acids is 1. The maximum Gasteiger partial charge on any atom is 0.417 e. The van der Waals surface area contributed by atoms with Crippen molar-refractivity contribution in [3.05, 3.63) is 34.3 Å². The number of Topliss-reactive ketones (excluding diaryl/α,β-unsaturated/α-hetero) is 1. The number of carbonyl (C=O) groups is 1. The molecule has 0 unspecified atom stereocenters. The van der Waals surface area contributed by atoms with E-state index in [4.69, 9.17) is 11.6 Å². The smallest absolute Gasteiger partial charge is 0.294 e. The lowest BCUT2D eigenvalue weighted by molar-refractivity contribution is -0.137. The second-order valence-electron chi connectivity index (χ2n) is 4.77. The number of benzene rings is 1. The minimum Gasteiger partial charge on any atom is -0.294 e. The van der Waals surface area contributed by atoms with Gasteiger partial charge in [0.15, 0.2) is 5.78 Å². The fourth-order valence-electron chi connectivity index (χ4n) is 1.32. The van der Waals surface area contributed by atoms with Gasteiger partial charge in [-0.25, -0.2) is 0 Å². The maximum absolute atomic E-state index is 12.6. The summed E-state index contributed by atoms with van der Waals surface area (Å²) >= 11 is 5.47. The molecular formula is C12H12ClF3O. The largest absolute Gasteiger partial charge is 0.417 e. The average Bonchev–Trinajstić information content (AvgIpc) is 2.14. The minimum absolute atomic E-state index is 0.0224. The highest BCUT2D eigenvalue weighted by Gasteiger charge is 2.34. The van der Waals surface area contributed by atoms with Gasteiger partial charge in [-0.1, -0.05) is 32.4 Å². The highest BCUT2D eigenvalue weighted by Crippen LogP contribution is 2.36. The quantitative estimate of drug-likeness (QED) is 0.678. The zero-order chi connectivity index (χ0) is 13.4. The summed E-state index contributed by atoms with van der Waals surface area (Å²) in [6.45, 7) is 4.95. The van der Waals surface area contributed by atoms with Gasteiger partial charge < -0.3 is 0 Å². The van der Waals surface area contributed by atoms with Crippen molar-refractivity contribution in [2.45, 2.75) is 26.9 Å². The third kappa shape index (κ3) is 3.22. The summed E-state index contributed by atoms with van der Waals surface area (Å²) in [5.41, 5.74) is -1.68. The molecule has 0 aliphatic heterocycles. The lowest BCUT2D eigenvalue weighted by Crippen LogP contribution is -2.21. The SMILES string of the molecule is CC(C)(C)C(=O)c1ccc(Cl)c(C(F)(F)F)c1. The van der Waals surface area contributed by atoms with E-state index in [1.54, 1.807) is 20.8 Å². The fraction of sp³-hybridized carbons (Fsp3) is 0.417. The van der Waals surface area contributed by atoms with E-state index in [9.17, 15) is 18.0 Å². The molecule has 5 heteroatoms. The Bertz CT molecular complexity index is 444. The molecule has 0 spiro atoms. The van der Waals surface area contributed by atoms with Crippen LogP contribution in [-0.4, -0.2) is 5.78 Å². The van der Waals surface area contributed by atoms with Crippen LogP contribution in [0.5, 0.6) is 0 Å². The number of halogens is 4. The molecule has 94 valence electrons. The van der Waals surface area contributed by atoms with E-state index in [2.05, 4.69) is 0 Å². The molecule has 1 aromatic carbocycles. The molecule has 0 aliphatic rings. The lowest BCUT2D eigenvalue weighted by atomic mass is 9.86. The predicted molar refractivity (Wildman–Crippen MR) is 60.2 cm³/mol. The van der Waals surface area contributed by atoms with E-state index in [1.165, 1.54) is 6.07 Å². The summed E-state index contributed by atoms with van der Waals surface area (Å²) in [4.78, 5) is 11.8. The molecule has 0 fully saturated rings. The molecule has 0 N–H and O–H groups in total. The molecule has 0 aliphatic carbocycles. The molecule has 17 heavy (non-hydrogen) atoms. The van der Waals surface area contributed by atoms with Gasteiger partial charge in [0.25, 0.3) is 0 Å². The van der Waals surface area contributed by atoms with Crippen molar-refractivity contribution >= 4 is 17.4 Å². The number of ketones is 1. The second kappa shape index (κ2) is 4.33. The monoisotopic (exact) mass is 264 g/mol. The molecule has 0 heterocycles. The van der Waals surface area contributed by atoms with Gasteiger partial charge >= 0.3 is 6.18 Å². The molecule has 1 nitrogen and oxygen atoms in total. The summed E-state index contributed by atoms with van der Waals surface area (Å²) in [6, 6.07) is 3.21. The van der Waals surface area contributed by atoms with Crippen LogP contribution in [-0.2, 0) is 6.18 Å². The van der Waals surface area contributed by atoms with E-state index >= 15 is 0 Å².